The van der Waals surface area contributed by atoms with E-state index in [1.54, 1.807) is 7.05 Å². The molecular weight excluding hydrogens is 356 g/mol. The standard InChI is InChI=1S/C20H22N6O2/c1-14-4-8-16(9-5-14)20-22-24-26(23-20)13-19(28)25(3)12-18(27)21-17-10-6-15(2)7-11-17/h4-11H,12-13H2,1-3H3,(H,21,27). The maximum atomic E-state index is 12.4. The predicted octanol–water partition coefficient (Wildman–Crippen LogP) is 2.05. The number of rotatable bonds is 6. The third-order valence-corrected chi connectivity index (χ3v) is 4.18. The number of carbonyl (C=O) groups excluding carboxylic acids is 2. The summed E-state index contributed by atoms with van der Waals surface area (Å²) < 4.78 is 0. The summed E-state index contributed by atoms with van der Waals surface area (Å²) in [6.45, 7) is 3.82. The third kappa shape index (κ3) is 5.00. The van der Waals surface area contributed by atoms with Crippen molar-refractivity contribution in [2.45, 2.75) is 20.4 Å². The number of benzene rings is 2. The molecule has 0 spiro atoms. The quantitative estimate of drug-likeness (QED) is 0.709. The van der Waals surface area contributed by atoms with Crippen molar-refractivity contribution in [3.8, 4) is 11.4 Å². The van der Waals surface area contributed by atoms with Crippen LogP contribution in [0.5, 0.6) is 0 Å². The topological polar surface area (TPSA) is 93.0 Å². The number of nitrogens with one attached hydrogen (secondary N) is 1. The van der Waals surface area contributed by atoms with Crippen molar-refractivity contribution in [3.05, 3.63) is 59.7 Å². The molecule has 0 bridgehead atoms. The SMILES string of the molecule is Cc1ccc(NC(=O)CN(C)C(=O)Cn2nnc(-c3ccc(C)cc3)n2)cc1. The van der Waals surface area contributed by atoms with Gasteiger partial charge in [0, 0.05) is 18.3 Å². The summed E-state index contributed by atoms with van der Waals surface area (Å²) in [5, 5.41) is 14.9. The molecule has 0 saturated heterocycles. The minimum absolute atomic E-state index is 0.0633. The molecule has 8 heteroatoms. The molecule has 0 atom stereocenters. The Bertz CT molecular complexity index is 963. The van der Waals surface area contributed by atoms with E-state index in [9.17, 15) is 9.59 Å². The van der Waals surface area contributed by atoms with Gasteiger partial charge in [-0.2, -0.15) is 4.80 Å². The summed E-state index contributed by atoms with van der Waals surface area (Å²) >= 11 is 0. The fourth-order valence-electron chi connectivity index (χ4n) is 2.51. The number of hydrogen-bond donors (Lipinski definition) is 1. The molecule has 1 heterocycles. The lowest BCUT2D eigenvalue weighted by molar-refractivity contribution is -0.134. The van der Waals surface area contributed by atoms with Crippen LogP contribution in [0.1, 0.15) is 11.1 Å². The normalized spacial score (nSPS) is 10.5. The van der Waals surface area contributed by atoms with Crippen LogP contribution in [0.15, 0.2) is 48.5 Å². The van der Waals surface area contributed by atoms with Crippen molar-refractivity contribution in [3.63, 3.8) is 0 Å². The monoisotopic (exact) mass is 378 g/mol. The van der Waals surface area contributed by atoms with Crippen molar-refractivity contribution >= 4 is 17.5 Å². The fourth-order valence-corrected chi connectivity index (χ4v) is 2.51. The first kappa shape index (κ1) is 19.2. The van der Waals surface area contributed by atoms with E-state index >= 15 is 0 Å². The number of aryl methyl sites for hydroxylation is 2. The highest BCUT2D eigenvalue weighted by Crippen LogP contribution is 2.14. The van der Waals surface area contributed by atoms with Gasteiger partial charge in [0.05, 0.1) is 6.54 Å². The second kappa shape index (κ2) is 8.43. The molecule has 0 aliphatic carbocycles. The smallest absolute Gasteiger partial charge is 0.246 e. The molecule has 0 radical (unpaired) electrons. The van der Waals surface area contributed by atoms with E-state index in [1.807, 2.05) is 62.4 Å². The minimum atomic E-state index is -0.285. The van der Waals surface area contributed by atoms with E-state index in [0.717, 1.165) is 16.7 Å². The Morgan fingerprint density at radius 2 is 1.61 bits per heavy atom. The molecule has 1 aromatic heterocycles. The van der Waals surface area contributed by atoms with Crippen LogP contribution < -0.4 is 5.32 Å². The van der Waals surface area contributed by atoms with Crippen molar-refractivity contribution in [2.75, 3.05) is 18.9 Å². The summed E-state index contributed by atoms with van der Waals surface area (Å²) in [5.41, 5.74) is 3.76. The van der Waals surface area contributed by atoms with Crippen LogP contribution in [-0.2, 0) is 16.1 Å². The third-order valence-electron chi connectivity index (χ3n) is 4.18. The maximum Gasteiger partial charge on any atom is 0.246 e. The van der Waals surface area contributed by atoms with Crippen molar-refractivity contribution < 1.29 is 9.59 Å². The van der Waals surface area contributed by atoms with Gasteiger partial charge in [-0.1, -0.05) is 47.5 Å². The number of aromatic nitrogens is 4. The van der Waals surface area contributed by atoms with E-state index in [2.05, 4.69) is 20.7 Å². The molecule has 1 N–H and O–H groups in total. The zero-order valence-electron chi connectivity index (χ0n) is 16.1. The zero-order chi connectivity index (χ0) is 20.1. The Labute approximate surface area is 163 Å². The molecule has 28 heavy (non-hydrogen) atoms. The summed E-state index contributed by atoms with van der Waals surface area (Å²) in [5.74, 6) is -0.105. The van der Waals surface area contributed by atoms with Crippen LogP contribution in [0.4, 0.5) is 5.69 Å². The predicted molar refractivity (Wildman–Crippen MR) is 105 cm³/mol. The Hall–Kier alpha value is -3.55. The second-order valence-corrected chi connectivity index (χ2v) is 6.67. The number of tetrazole rings is 1. The van der Waals surface area contributed by atoms with Crippen LogP contribution >= 0.6 is 0 Å². The summed E-state index contributed by atoms with van der Waals surface area (Å²) in [6.07, 6.45) is 0. The highest BCUT2D eigenvalue weighted by molar-refractivity contribution is 5.94. The van der Waals surface area contributed by atoms with Gasteiger partial charge in [-0.05, 0) is 31.2 Å². The largest absolute Gasteiger partial charge is 0.335 e. The lowest BCUT2D eigenvalue weighted by atomic mass is 10.1. The first-order valence-electron chi connectivity index (χ1n) is 8.86. The van der Waals surface area contributed by atoms with E-state index in [-0.39, 0.29) is 24.9 Å². The minimum Gasteiger partial charge on any atom is -0.335 e. The van der Waals surface area contributed by atoms with E-state index in [0.29, 0.717) is 11.5 Å². The second-order valence-electron chi connectivity index (χ2n) is 6.67. The summed E-state index contributed by atoms with van der Waals surface area (Å²) in [7, 11) is 1.56. The van der Waals surface area contributed by atoms with Gasteiger partial charge in [0.15, 0.2) is 0 Å². The van der Waals surface area contributed by atoms with Gasteiger partial charge < -0.3 is 10.2 Å². The van der Waals surface area contributed by atoms with Crippen molar-refractivity contribution in [1.82, 2.24) is 25.1 Å². The van der Waals surface area contributed by atoms with Crippen LogP contribution in [0.25, 0.3) is 11.4 Å². The molecule has 0 aliphatic heterocycles. The first-order valence-corrected chi connectivity index (χ1v) is 8.86. The molecule has 3 aromatic rings. The van der Waals surface area contributed by atoms with Crippen molar-refractivity contribution in [1.29, 1.82) is 0 Å². The average molecular weight is 378 g/mol. The molecule has 0 unspecified atom stereocenters. The Morgan fingerprint density at radius 1 is 1.00 bits per heavy atom. The number of anilines is 1. The Morgan fingerprint density at radius 3 is 2.25 bits per heavy atom. The molecule has 2 amide bonds. The Kier molecular flexibility index (Phi) is 5.78. The van der Waals surface area contributed by atoms with Gasteiger partial charge in [0.2, 0.25) is 17.6 Å². The van der Waals surface area contributed by atoms with Gasteiger partial charge in [0.1, 0.15) is 6.54 Å². The van der Waals surface area contributed by atoms with Crippen LogP contribution in [0.2, 0.25) is 0 Å². The number of likely N-dealkylation sites (N-methyl/N-ethyl adjacent to an activating group) is 1. The Balaban J connectivity index is 1.54. The highest BCUT2D eigenvalue weighted by atomic mass is 16.2. The number of hydrogen-bond acceptors (Lipinski definition) is 5. The maximum absolute atomic E-state index is 12.4. The van der Waals surface area contributed by atoms with Crippen molar-refractivity contribution in [2.24, 2.45) is 0 Å². The molecule has 0 aliphatic rings. The molecule has 3 rings (SSSR count). The number of amides is 2. The van der Waals surface area contributed by atoms with E-state index < -0.39 is 0 Å². The van der Waals surface area contributed by atoms with E-state index in [1.165, 1.54) is 9.70 Å². The molecule has 2 aromatic carbocycles. The zero-order valence-corrected chi connectivity index (χ0v) is 16.1. The summed E-state index contributed by atoms with van der Waals surface area (Å²) in [6, 6.07) is 15.2. The van der Waals surface area contributed by atoms with Gasteiger partial charge in [0.25, 0.3) is 0 Å². The van der Waals surface area contributed by atoms with Crippen LogP contribution in [0, 0.1) is 13.8 Å². The van der Waals surface area contributed by atoms with Gasteiger partial charge in [-0.3, -0.25) is 9.59 Å². The molecule has 0 fully saturated rings. The van der Waals surface area contributed by atoms with Gasteiger partial charge >= 0.3 is 0 Å². The molecule has 144 valence electrons. The molecule has 8 nitrogen and oxygen atoms in total. The first-order chi connectivity index (χ1) is 13.4. The fraction of sp³-hybridized carbons (Fsp3) is 0.250. The van der Waals surface area contributed by atoms with Gasteiger partial charge in [-0.25, -0.2) is 0 Å². The number of nitrogens with zero attached hydrogens (tertiary/aromatic N) is 5. The molecular formula is C20H22N6O2. The van der Waals surface area contributed by atoms with Crippen LogP contribution in [-0.4, -0.2) is 50.5 Å². The van der Waals surface area contributed by atoms with Crippen LogP contribution in [0.3, 0.4) is 0 Å². The average Bonchev–Trinajstić information content (AvgIpc) is 3.12. The molecule has 0 saturated carbocycles. The number of carbonyl (C=O) groups is 2. The lowest BCUT2D eigenvalue weighted by Gasteiger charge is -2.16. The lowest BCUT2D eigenvalue weighted by Crippen LogP contribution is -2.37. The highest BCUT2D eigenvalue weighted by Gasteiger charge is 2.16. The van der Waals surface area contributed by atoms with Gasteiger partial charge in [-0.15, -0.1) is 10.2 Å². The van der Waals surface area contributed by atoms with E-state index in [4.69, 9.17) is 0 Å². The summed E-state index contributed by atoms with van der Waals surface area (Å²) in [4.78, 5) is 27.0.